The number of carbonyl (C=O) groups is 1. The summed E-state index contributed by atoms with van der Waals surface area (Å²) in [5, 5.41) is 0. The minimum atomic E-state index is -0.347. The third-order valence-electron chi connectivity index (χ3n) is 6.25. The molecule has 1 heterocycles. The average molecular weight is 493 g/mol. The van der Waals surface area contributed by atoms with E-state index in [9.17, 15) is 4.79 Å². The standard InChI is InChI=1S/C28H44O7/c1-6-8-25-17-26(32-5)15-21(2)9-7-10-24(34-20-30-3)16-27(18-28(29)35-25)33-19-22-11-13-23(31-4)14-12-22/h7,9,11-14,21,24-27H,6,8,10,15-20H2,1-5H3/b9-7+/t21-,24-,25+,26+,27-/m1/s1. The predicted molar refractivity (Wildman–Crippen MR) is 135 cm³/mol. The molecule has 0 saturated carbocycles. The SMILES string of the molecule is CCC[C@H]1C[C@@H](OC)C[C@H](C)/C=C/C[C@@H](OCOC)C[C@@H](OCc2ccc(OC)cc2)CC(=O)O1. The largest absolute Gasteiger partial charge is 0.497 e. The van der Waals surface area contributed by atoms with Crippen LogP contribution in [0.3, 0.4) is 0 Å². The van der Waals surface area contributed by atoms with Crippen LogP contribution in [0.2, 0.25) is 0 Å². The van der Waals surface area contributed by atoms with E-state index in [1.807, 2.05) is 24.3 Å². The van der Waals surface area contributed by atoms with Gasteiger partial charge >= 0.3 is 5.97 Å². The Bertz CT molecular complexity index is 733. The van der Waals surface area contributed by atoms with Crippen molar-refractivity contribution >= 4 is 5.97 Å². The van der Waals surface area contributed by atoms with Gasteiger partial charge in [0.1, 0.15) is 18.6 Å². The van der Waals surface area contributed by atoms with Gasteiger partial charge in [-0.2, -0.15) is 0 Å². The van der Waals surface area contributed by atoms with Gasteiger partial charge in [0.15, 0.2) is 0 Å². The Morgan fingerprint density at radius 2 is 1.74 bits per heavy atom. The molecule has 0 saturated heterocycles. The quantitative estimate of drug-likeness (QED) is 0.244. The molecule has 0 unspecified atom stereocenters. The van der Waals surface area contributed by atoms with Gasteiger partial charge < -0.3 is 28.4 Å². The maximum atomic E-state index is 13.0. The molecule has 0 spiro atoms. The zero-order valence-corrected chi connectivity index (χ0v) is 22.1. The molecule has 0 aliphatic carbocycles. The molecule has 7 heteroatoms. The molecule has 1 aromatic carbocycles. The van der Waals surface area contributed by atoms with Crippen molar-refractivity contribution in [2.45, 2.75) is 89.8 Å². The summed E-state index contributed by atoms with van der Waals surface area (Å²) < 4.78 is 34.2. The first-order valence-electron chi connectivity index (χ1n) is 12.7. The maximum absolute atomic E-state index is 13.0. The van der Waals surface area contributed by atoms with Crippen molar-refractivity contribution in [2.75, 3.05) is 28.1 Å². The zero-order chi connectivity index (χ0) is 25.5. The van der Waals surface area contributed by atoms with Crippen molar-refractivity contribution in [3.8, 4) is 5.75 Å². The van der Waals surface area contributed by atoms with E-state index in [1.165, 1.54) is 0 Å². The Hall–Kier alpha value is -1.93. The summed E-state index contributed by atoms with van der Waals surface area (Å²) in [5.74, 6) is 0.885. The molecule has 1 aromatic rings. The summed E-state index contributed by atoms with van der Waals surface area (Å²) in [5.41, 5.74) is 1.01. The third kappa shape index (κ3) is 11.6. The van der Waals surface area contributed by atoms with Crippen molar-refractivity contribution in [1.82, 2.24) is 0 Å². The van der Waals surface area contributed by atoms with E-state index in [2.05, 4.69) is 26.0 Å². The molecule has 0 amide bonds. The maximum Gasteiger partial charge on any atom is 0.308 e. The van der Waals surface area contributed by atoms with Gasteiger partial charge in [-0.05, 0) is 42.9 Å². The fraction of sp³-hybridized carbons (Fsp3) is 0.679. The van der Waals surface area contributed by atoms with Gasteiger partial charge in [0.05, 0.1) is 38.4 Å². The Labute approximate surface area is 211 Å². The zero-order valence-electron chi connectivity index (χ0n) is 22.1. The summed E-state index contributed by atoms with van der Waals surface area (Å²) in [7, 11) is 4.98. The molecular weight excluding hydrogens is 448 g/mol. The average Bonchev–Trinajstić information content (AvgIpc) is 2.85. The van der Waals surface area contributed by atoms with Crippen molar-refractivity contribution in [1.29, 1.82) is 0 Å². The van der Waals surface area contributed by atoms with Crippen molar-refractivity contribution in [3.63, 3.8) is 0 Å². The van der Waals surface area contributed by atoms with Gasteiger partial charge in [0.2, 0.25) is 0 Å². The number of hydrogen-bond donors (Lipinski definition) is 0. The van der Waals surface area contributed by atoms with E-state index in [-0.39, 0.29) is 43.6 Å². The first-order chi connectivity index (χ1) is 17.0. The van der Waals surface area contributed by atoms with Crippen LogP contribution in [0.5, 0.6) is 5.75 Å². The lowest BCUT2D eigenvalue weighted by Crippen LogP contribution is -2.30. The van der Waals surface area contributed by atoms with Gasteiger partial charge in [0, 0.05) is 27.1 Å². The highest BCUT2D eigenvalue weighted by molar-refractivity contribution is 5.70. The summed E-state index contributed by atoms with van der Waals surface area (Å²) in [4.78, 5) is 13.0. The number of cyclic esters (lactones) is 1. The van der Waals surface area contributed by atoms with Crippen LogP contribution in [0, 0.1) is 5.92 Å². The lowest BCUT2D eigenvalue weighted by atomic mass is 9.96. The highest BCUT2D eigenvalue weighted by Crippen LogP contribution is 2.23. The Morgan fingerprint density at radius 3 is 2.40 bits per heavy atom. The second-order valence-electron chi connectivity index (χ2n) is 9.29. The summed E-state index contributed by atoms with van der Waals surface area (Å²) in [6.07, 6.45) is 8.52. The van der Waals surface area contributed by atoms with E-state index in [1.54, 1.807) is 21.3 Å². The molecule has 0 fully saturated rings. The topological polar surface area (TPSA) is 72.5 Å². The van der Waals surface area contributed by atoms with Crippen molar-refractivity contribution in [3.05, 3.63) is 42.0 Å². The second kappa shape index (κ2) is 16.7. The second-order valence-corrected chi connectivity index (χ2v) is 9.29. The van der Waals surface area contributed by atoms with E-state index in [0.717, 1.165) is 30.6 Å². The number of hydrogen-bond acceptors (Lipinski definition) is 7. The number of esters is 1. The van der Waals surface area contributed by atoms with Crippen LogP contribution in [0.4, 0.5) is 0 Å². The Balaban J connectivity index is 2.18. The molecule has 0 bridgehead atoms. The van der Waals surface area contributed by atoms with Crippen molar-refractivity contribution < 1.29 is 33.2 Å². The molecule has 35 heavy (non-hydrogen) atoms. The molecule has 198 valence electrons. The normalized spacial score (nSPS) is 27.6. The molecular formula is C28H44O7. The van der Waals surface area contributed by atoms with E-state index >= 15 is 0 Å². The van der Waals surface area contributed by atoms with E-state index in [4.69, 9.17) is 28.4 Å². The fourth-order valence-corrected chi connectivity index (χ4v) is 4.34. The van der Waals surface area contributed by atoms with Gasteiger partial charge in [0.25, 0.3) is 0 Å². The number of ether oxygens (including phenoxy) is 6. The van der Waals surface area contributed by atoms with Crippen LogP contribution in [0.25, 0.3) is 0 Å². The highest BCUT2D eigenvalue weighted by Gasteiger charge is 2.26. The van der Waals surface area contributed by atoms with Crippen LogP contribution in [-0.4, -0.2) is 58.5 Å². The lowest BCUT2D eigenvalue weighted by Gasteiger charge is -2.27. The van der Waals surface area contributed by atoms with Crippen molar-refractivity contribution in [2.24, 2.45) is 5.92 Å². The van der Waals surface area contributed by atoms with Gasteiger partial charge in [-0.3, -0.25) is 4.79 Å². The number of carbonyl (C=O) groups excluding carboxylic acids is 1. The number of rotatable bonds is 10. The molecule has 5 atom stereocenters. The molecule has 0 N–H and O–H groups in total. The first-order valence-corrected chi connectivity index (χ1v) is 12.7. The van der Waals surface area contributed by atoms with Crippen LogP contribution in [0.15, 0.2) is 36.4 Å². The van der Waals surface area contributed by atoms with Crippen LogP contribution < -0.4 is 4.74 Å². The minimum Gasteiger partial charge on any atom is -0.497 e. The smallest absolute Gasteiger partial charge is 0.308 e. The summed E-state index contributed by atoms with van der Waals surface area (Å²) >= 11 is 0. The van der Waals surface area contributed by atoms with Gasteiger partial charge in [-0.25, -0.2) is 0 Å². The number of allylic oxidation sites excluding steroid dienone is 1. The minimum absolute atomic E-state index is 0.0320. The van der Waals surface area contributed by atoms with Crippen LogP contribution >= 0.6 is 0 Å². The Morgan fingerprint density at radius 1 is 0.971 bits per heavy atom. The first kappa shape index (κ1) is 29.3. The molecule has 1 aliphatic rings. The summed E-state index contributed by atoms with van der Waals surface area (Å²) in [6, 6.07) is 7.73. The molecule has 1 aliphatic heterocycles. The Kier molecular flexibility index (Phi) is 14.0. The predicted octanol–water partition coefficient (Wildman–Crippen LogP) is 5.45. The molecule has 7 nitrogen and oxygen atoms in total. The molecule has 0 radical (unpaired) electrons. The third-order valence-corrected chi connectivity index (χ3v) is 6.25. The van der Waals surface area contributed by atoms with E-state index in [0.29, 0.717) is 31.8 Å². The number of benzene rings is 1. The van der Waals surface area contributed by atoms with Gasteiger partial charge in [-0.1, -0.05) is 44.6 Å². The number of methoxy groups -OCH3 is 3. The lowest BCUT2D eigenvalue weighted by molar-refractivity contribution is -0.156. The monoisotopic (exact) mass is 492 g/mol. The molecule has 2 rings (SSSR count). The summed E-state index contributed by atoms with van der Waals surface area (Å²) in [6.45, 7) is 4.86. The highest BCUT2D eigenvalue weighted by atomic mass is 16.7. The fourth-order valence-electron chi connectivity index (χ4n) is 4.34. The molecule has 0 aromatic heterocycles. The van der Waals surface area contributed by atoms with Crippen LogP contribution in [0.1, 0.15) is 64.4 Å². The van der Waals surface area contributed by atoms with E-state index < -0.39 is 0 Å². The van der Waals surface area contributed by atoms with Gasteiger partial charge in [-0.15, -0.1) is 0 Å². The van der Waals surface area contributed by atoms with Crippen LogP contribution in [-0.2, 0) is 35.1 Å².